The lowest BCUT2D eigenvalue weighted by Crippen LogP contribution is -2.53. The lowest BCUT2D eigenvalue weighted by Gasteiger charge is -2.44. The molecular formula is C23H37N3O3. The van der Waals surface area contributed by atoms with Crippen LogP contribution in [0.4, 0.5) is 0 Å². The fraction of sp³-hybridized carbons (Fsp3) is 0.696. The number of rotatable bonds is 9. The highest BCUT2D eigenvalue weighted by molar-refractivity contribution is 5.77. The lowest BCUT2D eigenvalue weighted by molar-refractivity contribution is -0.123. The number of likely N-dealkylation sites (tertiary alicyclic amines) is 1. The van der Waals surface area contributed by atoms with Crippen molar-refractivity contribution in [2.45, 2.75) is 57.7 Å². The first kappa shape index (κ1) is 22.1. The standard InChI is InChI=1S/C23H37N3O3/c1-19(2)25-13-8-20(9-14-25)26(21-10-16-28-17-11-21)15-12-24-23(27)18-29-22-6-4-3-5-7-22/h3-7,19-21H,8-18H2,1-2H3,(H,24,27). The molecule has 0 aliphatic carbocycles. The number of nitrogens with one attached hydrogen (secondary N) is 1. The van der Waals surface area contributed by atoms with E-state index in [0.29, 0.717) is 24.7 Å². The summed E-state index contributed by atoms with van der Waals surface area (Å²) < 4.78 is 11.1. The maximum Gasteiger partial charge on any atom is 0.257 e. The number of ether oxygens (including phenoxy) is 2. The van der Waals surface area contributed by atoms with Gasteiger partial charge in [0.1, 0.15) is 5.75 Å². The molecule has 0 atom stereocenters. The number of benzene rings is 1. The molecule has 1 aromatic rings. The van der Waals surface area contributed by atoms with E-state index in [-0.39, 0.29) is 12.5 Å². The maximum atomic E-state index is 12.2. The molecule has 3 rings (SSSR count). The number of carbonyl (C=O) groups excluding carboxylic acids is 1. The van der Waals surface area contributed by atoms with Gasteiger partial charge in [0.05, 0.1) is 0 Å². The van der Waals surface area contributed by atoms with Crippen molar-refractivity contribution in [3.8, 4) is 5.75 Å². The minimum absolute atomic E-state index is 0.0598. The summed E-state index contributed by atoms with van der Waals surface area (Å²) in [4.78, 5) is 17.4. The Labute approximate surface area is 175 Å². The predicted molar refractivity (Wildman–Crippen MR) is 115 cm³/mol. The van der Waals surface area contributed by atoms with Gasteiger partial charge in [-0.15, -0.1) is 0 Å². The van der Waals surface area contributed by atoms with Gasteiger partial charge in [-0.1, -0.05) is 18.2 Å². The number of carbonyl (C=O) groups is 1. The molecule has 1 amide bonds. The molecule has 0 spiro atoms. The largest absolute Gasteiger partial charge is 0.484 e. The highest BCUT2D eigenvalue weighted by Gasteiger charge is 2.31. The van der Waals surface area contributed by atoms with Crippen molar-refractivity contribution in [1.29, 1.82) is 0 Å². The molecule has 0 saturated carbocycles. The quantitative estimate of drug-likeness (QED) is 0.687. The Kier molecular flexibility index (Phi) is 8.77. The highest BCUT2D eigenvalue weighted by atomic mass is 16.5. The van der Waals surface area contributed by atoms with Crippen molar-refractivity contribution in [3.63, 3.8) is 0 Å². The zero-order valence-corrected chi connectivity index (χ0v) is 18.0. The van der Waals surface area contributed by atoms with Crippen LogP contribution in [0.3, 0.4) is 0 Å². The molecule has 2 saturated heterocycles. The van der Waals surface area contributed by atoms with Crippen molar-refractivity contribution >= 4 is 5.91 Å². The second-order valence-corrected chi connectivity index (χ2v) is 8.39. The van der Waals surface area contributed by atoms with Crippen LogP contribution >= 0.6 is 0 Å². The summed E-state index contributed by atoms with van der Waals surface area (Å²) in [7, 11) is 0. The minimum atomic E-state index is -0.0598. The predicted octanol–water partition coefficient (Wildman–Crippen LogP) is 2.54. The van der Waals surface area contributed by atoms with Gasteiger partial charge in [-0.25, -0.2) is 0 Å². The number of hydrogen-bond donors (Lipinski definition) is 1. The Balaban J connectivity index is 1.46. The SMILES string of the molecule is CC(C)N1CCC(N(CCNC(=O)COc2ccccc2)C2CCOCC2)CC1. The van der Waals surface area contributed by atoms with Crippen LogP contribution in [0.25, 0.3) is 0 Å². The van der Waals surface area contributed by atoms with Crippen molar-refractivity contribution in [2.75, 3.05) is 46.0 Å². The van der Waals surface area contributed by atoms with E-state index in [9.17, 15) is 4.79 Å². The molecule has 2 aliphatic heterocycles. The summed E-state index contributed by atoms with van der Waals surface area (Å²) in [5.41, 5.74) is 0. The number of nitrogens with zero attached hydrogens (tertiary/aromatic N) is 2. The molecule has 0 unspecified atom stereocenters. The number of para-hydroxylation sites is 1. The van der Waals surface area contributed by atoms with Crippen molar-refractivity contribution < 1.29 is 14.3 Å². The average molecular weight is 404 g/mol. The number of piperidine rings is 1. The summed E-state index contributed by atoms with van der Waals surface area (Å²) >= 11 is 0. The van der Waals surface area contributed by atoms with E-state index in [2.05, 4.69) is 29.0 Å². The second kappa shape index (κ2) is 11.5. The van der Waals surface area contributed by atoms with Gasteiger partial charge in [-0.3, -0.25) is 9.69 Å². The van der Waals surface area contributed by atoms with Gasteiger partial charge >= 0.3 is 0 Å². The van der Waals surface area contributed by atoms with Crippen LogP contribution in [-0.2, 0) is 9.53 Å². The molecule has 0 radical (unpaired) electrons. The van der Waals surface area contributed by atoms with Gasteiger partial charge in [0.2, 0.25) is 0 Å². The lowest BCUT2D eigenvalue weighted by atomic mass is 9.97. The van der Waals surface area contributed by atoms with E-state index >= 15 is 0 Å². The van der Waals surface area contributed by atoms with Gasteiger partial charge < -0.3 is 19.7 Å². The van der Waals surface area contributed by atoms with Gasteiger partial charge in [0.25, 0.3) is 5.91 Å². The van der Waals surface area contributed by atoms with Crippen LogP contribution in [0, 0.1) is 0 Å². The summed E-state index contributed by atoms with van der Waals surface area (Å²) in [6, 6.07) is 11.3. The molecule has 0 aromatic heterocycles. The fourth-order valence-corrected chi connectivity index (χ4v) is 4.46. The van der Waals surface area contributed by atoms with Crippen molar-refractivity contribution in [2.24, 2.45) is 0 Å². The van der Waals surface area contributed by atoms with Crippen LogP contribution in [0.15, 0.2) is 30.3 Å². The van der Waals surface area contributed by atoms with Crippen LogP contribution in [0.1, 0.15) is 39.5 Å². The van der Waals surface area contributed by atoms with E-state index in [1.54, 1.807) is 0 Å². The normalized spacial score (nSPS) is 19.6. The van der Waals surface area contributed by atoms with E-state index in [0.717, 1.165) is 38.3 Å². The van der Waals surface area contributed by atoms with Gasteiger partial charge in [-0.05, 0) is 64.8 Å². The molecule has 162 valence electrons. The smallest absolute Gasteiger partial charge is 0.257 e. The van der Waals surface area contributed by atoms with Crippen LogP contribution in [0.5, 0.6) is 5.75 Å². The van der Waals surface area contributed by atoms with E-state index in [1.165, 1.54) is 25.9 Å². The average Bonchev–Trinajstić information content (AvgIpc) is 2.77. The first-order chi connectivity index (χ1) is 14.1. The zero-order chi connectivity index (χ0) is 20.5. The molecule has 2 heterocycles. The van der Waals surface area contributed by atoms with Crippen molar-refractivity contribution in [1.82, 2.24) is 15.1 Å². The Morgan fingerprint density at radius 3 is 2.45 bits per heavy atom. The molecule has 6 nitrogen and oxygen atoms in total. The van der Waals surface area contributed by atoms with Crippen LogP contribution in [-0.4, -0.2) is 79.8 Å². The van der Waals surface area contributed by atoms with Gasteiger partial charge in [0, 0.05) is 44.4 Å². The molecular weight excluding hydrogens is 366 g/mol. The maximum absolute atomic E-state index is 12.2. The van der Waals surface area contributed by atoms with Crippen molar-refractivity contribution in [3.05, 3.63) is 30.3 Å². The monoisotopic (exact) mass is 403 g/mol. The first-order valence-corrected chi connectivity index (χ1v) is 11.2. The van der Waals surface area contributed by atoms with Crippen LogP contribution < -0.4 is 10.1 Å². The summed E-state index contributed by atoms with van der Waals surface area (Å²) in [5, 5.41) is 3.04. The number of hydrogen-bond acceptors (Lipinski definition) is 5. The van der Waals surface area contributed by atoms with E-state index < -0.39 is 0 Å². The molecule has 6 heteroatoms. The zero-order valence-electron chi connectivity index (χ0n) is 18.0. The molecule has 2 fully saturated rings. The second-order valence-electron chi connectivity index (χ2n) is 8.39. The molecule has 0 bridgehead atoms. The molecule has 1 aromatic carbocycles. The highest BCUT2D eigenvalue weighted by Crippen LogP contribution is 2.24. The Morgan fingerprint density at radius 2 is 1.79 bits per heavy atom. The Bertz CT molecular complexity index is 597. The third kappa shape index (κ3) is 6.98. The third-order valence-corrected chi connectivity index (χ3v) is 6.16. The fourth-order valence-electron chi connectivity index (χ4n) is 4.46. The summed E-state index contributed by atoms with van der Waals surface area (Å²) in [6.07, 6.45) is 4.60. The van der Waals surface area contributed by atoms with Gasteiger partial charge in [-0.2, -0.15) is 0 Å². The third-order valence-electron chi connectivity index (χ3n) is 6.16. The molecule has 29 heavy (non-hydrogen) atoms. The Morgan fingerprint density at radius 1 is 1.14 bits per heavy atom. The molecule has 2 aliphatic rings. The number of amides is 1. The topological polar surface area (TPSA) is 54.0 Å². The first-order valence-electron chi connectivity index (χ1n) is 11.2. The van der Waals surface area contributed by atoms with Gasteiger partial charge in [0.15, 0.2) is 6.61 Å². The van der Waals surface area contributed by atoms with E-state index in [4.69, 9.17) is 9.47 Å². The molecule has 1 N–H and O–H groups in total. The van der Waals surface area contributed by atoms with Crippen LogP contribution in [0.2, 0.25) is 0 Å². The summed E-state index contributed by atoms with van der Waals surface area (Å²) in [5.74, 6) is 0.666. The van der Waals surface area contributed by atoms with E-state index in [1.807, 2.05) is 30.3 Å². The summed E-state index contributed by atoms with van der Waals surface area (Å²) in [6.45, 7) is 10.2. The minimum Gasteiger partial charge on any atom is -0.484 e. The Hall–Kier alpha value is -1.63.